The summed E-state index contributed by atoms with van der Waals surface area (Å²) in [4.78, 5) is -0.332. The average Bonchev–Trinajstić information content (AvgIpc) is 1.97. The van der Waals surface area contributed by atoms with E-state index in [-0.39, 0.29) is 9.37 Å². The molecule has 0 aliphatic heterocycles. The number of rotatable bonds is 0. The molecule has 13 heavy (non-hydrogen) atoms. The molecule has 0 radical (unpaired) electrons. The molecule has 1 aromatic carbocycles. The first-order valence-corrected chi connectivity index (χ1v) is 4.31. The molecule has 0 N–H and O–H groups in total. The van der Waals surface area contributed by atoms with Crippen molar-refractivity contribution in [3.05, 3.63) is 28.0 Å². The van der Waals surface area contributed by atoms with Gasteiger partial charge in [0.05, 0.1) is 10.0 Å². The van der Waals surface area contributed by atoms with Crippen molar-refractivity contribution in [1.82, 2.24) is 0 Å². The van der Waals surface area contributed by atoms with Crippen molar-refractivity contribution in [2.24, 2.45) is 0 Å². The van der Waals surface area contributed by atoms with Crippen LogP contribution in [0.25, 0.3) is 0 Å². The van der Waals surface area contributed by atoms with Crippen LogP contribution in [-0.4, -0.2) is 0 Å². The fourth-order valence-electron chi connectivity index (χ4n) is 0.738. The number of thiol groups is 1. The van der Waals surface area contributed by atoms with Gasteiger partial charge in [0, 0.05) is 4.90 Å². The van der Waals surface area contributed by atoms with Gasteiger partial charge < -0.3 is 0 Å². The van der Waals surface area contributed by atoms with Crippen LogP contribution in [0, 0.1) is 5.82 Å². The van der Waals surface area contributed by atoms with Gasteiger partial charge in [-0.3, -0.25) is 0 Å². The first-order chi connectivity index (χ1) is 5.82. The second-order valence-electron chi connectivity index (χ2n) is 2.29. The third kappa shape index (κ3) is 2.37. The second-order valence-corrected chi connectivity index (χ2v) is 3.63. The number of hydrogen-bond donors (Lipinski definition) is 1. The number of alkyl halides is 3. The highest BCUT2D eigenvalue weighted by atomic mass is 79.9. The summed E-state index contributed by atoms with van der Waals surface area (Å²) in [6.45, 7) is 0. The Bertz CT molecular complexity index is 311. The van der Waals surface area contributed by atoms with E-state index in [0.717, 1.165) is 0 Å². The van der Waals surface area contributed by atoms with Crippen LogP contribution in [0.1, 0.15) is 5.56 Å². The minimum absolute atomic E-state index is 0.243. The van der Waals surface area contributed by atoms with Gasteiger partial charge in [-0.1, -0.05) is 0 Å². The van der Waals surface area contributed by atoms with Gasteiger partial charge in [-0.15, -0.1) is 12.6 Å². The smallest absolute Gasteiger partial charge is 0.205 e. The van der Waals surface area contributed by atoms with Crippen LogP contribution in [-0.2, 0) is 6.18 Å². The molecule has 0 unspecified atom stereocenters. The molecule has 0 heterocycles. The predicted octanol–water partition coefficient (Wildman–Crippen LogP) is 3.90. The summed E-state index contributed by atoms with van der Waals surface area (Å²) in [6.07, 6.45) is -4.48. The van der Waals surface area contributed by atoms with E-state index in [2.05, 4.69) is 28.6 Å². The molecule has 6 heteroatoms. The lowest BCUT2D eigenvalue weighted by Crippen LogP contribution is -2.05. The lowest BCUT2D eigenvalue weighted by Gasteiger charge is -2.08. The standard InChI is InChI=1S/C7H3BrF4S/c8-4-1-3(7(10,11)12)2-5(13)6(4)9/h1-2,13H. The SMILES string of the molecule is Fc1c(S)cc(C(F)(F)F)cc1Br. The van der Waals surface area contributed by atoms with E-state index in [1.807, 2.05) is 0 Å². The van der Waals surface area contributed by atoms with E-state index in [9.17, 15) is 17.6 Å². The summed E-state index contributed by atoms with van der Waals surface area (Å²) in [5.74, 6) is -0.795. The Morgan fingerprint density at radius 3 is 2.15 bits per heavy atom. The molecular weight excluding hydrogens is 272 g/mol. The molecular formula is C7H3BrF4S. The molecule has 72 valence electrons. The fourth-order valence-corrected chi connectivity index (χ4v) is 1.61. The summed E-state index contributed by atoms with van der Waals surface area (Å²) in [5, 5.41) is 0. The predicted molar refractivity (Wildman–Crippen MR) is 46.4 cm³/mol. The maximum absolute atomic E-state index is 12.8. The zero-order chi connectivity index (χ0) is 10.2. The Kier molecular flexibility index (Phi) is 2.91. The molecule has 0 aliphatic carbocycles. The van der Waals surface area contributed by atoms with Crippen LogP contribution in [0.15, 0.2) is 21.5 Å². The Balaban J connectivity index is 3.29. The second kappa shape index (κ2) is 3.49. The normalized spacial score (nSPS) is 11.8. The van der Waals surface area contributed by atoms with E-state index in [0.29, 0.717) is 12.1 Å². The Hall–Kier alpha value is -0.230. The van der Waals surface area contributed by atoms with Crippen molar-refractivity contribution in [2.75, 3.05) is 0 Å². The van der Waals surface area contributed by atoms with Gasteiger partial charge in [-0.05, 0) is 28.1 Å². The third-order valence-corrected chi connectivity index (χ3v) is 2.24. The van der Waals surface area contributed by atoms with Crippen LogP contribution in [0.2, 0.25) is 0 Å². The minimum atomic E-state index is -4.48. The quantitative estimate of drug-likeness (QED) is 0.539. The number of benzene rings is 1. The molecule has 0 amide bonds. The third-order valence-electron chi connectivity index (χ3n) is 1.34. The molecule has 0 aliphatic rings. The van der Waals surface area contributed by atoms with Crippen molar-refractivity contribution < 1.29 is 17.6 Å². The van der Waals surface area contributed by atoms with Crippen LogP contribution in [0.3, 0.4) is 0 Å². The summed E-state index contributed by atoms with van der Waals surface area (Å²) in [6, 6.07) is 1.32. The van der Waals surface area contributed by atoms with Gasteiger partial charge >= 0.3 is 6.18 Å². The summed E-state index contributed by atoms with van der Waals surface area (Å²) in [5.41, 5.74) is -0.925. The molecule has 0 spiro atoms. The van der Waals surface area contributed by atoms with Crippen molar-refractivity contribution in [3.8, 4) is 0 Å². The first-order valence-electron chi connectivity index (χ1n) is 3.07. The van der Waals surface area contributed by atoms with E-state index >= 15 is 0 Å². The van der Waals surface area contributed by atoms with E-state index in [1.165, 1.54) is 0 Å². The van der Waals surface area contributed by atoms with Gasteiger partial charge in [0.25, 0.3) is 0 Å². The fraction of sp³-hybridized carbons (Fsp3) is 0.143. The van der Waals surface area contributed by atoms with Crippen LogP contribution in [0.4, 0.5) is 17.6 Å². The Morgan fingerprint density at radius 1 is 1.23 bits per heavy atom. The molecule has 0 atom stereocenters. The van der Waals surface area contributed by atoms with Gasteiger partial charge in [0.2, 0.25) is 0 Å². The van der Waals surface area contributed by atoms with E-state index < -0.39 is 17.6 Å². The first kappa shape index (κ1) is 10.8. The van der Waals surface area contributed by atoms with E-state index in [1.54, 1.807) is 0 Å². The van der Waals surface area contributed by atoms with Gasteiger partial charge in [-0.2, -0.15) is 13.2 Å². The number of halogens is 5. The van der Waals surface area contributed by atoms with Crippen molar-refractivity contribution in [3.63, 3.8) is 0 Å². The van der Waals surface area contributed by atoms with Gasteiger partial charge in [-0.25, -0.2) is 4.39 Å². The highest BCUT2D eigenvalue weighted by Gasteiger charge is 2.31. The van der Waals surface area contributed by atoms with Crippen LogP contribution in [0.5, 0.6) is 0 Å². The number of hydrogen-bond acceptors (Lipinski definition) is 1. The molecule has 0 bridgehead atoms. The zero-order valence-corrected chi connectivity index (χ0v) is 8.47. The topological polar surface area (TPSA) is 0 Å². The Morgan fingerprint density at radius 2 is 1.77 bits per heavy atom. The highest BCUT2D eigenvalue weighted by molar-refractivity contribution is 9.10. The molecule has 1 aromatic rings. The molecule has 0 saturated heterocycles. The van der Waals surface area contributed by atoms with Gasteiger partial charge in [0.1, 0.15) is 0 Å². The lowest BCUT2D eigenvalue weighted by molar-refractivity contribution is -0.137. The summed E-state index contributed by atoms with van der Waals surface area (Å²) < 4.78 is 48.9. The van der Waals surface area contributed by atoms with Crippen molar-refractivity contribution >= 4 is 28.6 Å². The molecule has 0 saturated carbocycles. The van der Waals surface area contributed by atoms with Crippen LogP contribution >= 0.6 is 28.6 Å². The molecule has 0 nitrogen and oxygen atoms in total. The maximum atomic E-state index is 12.8. The van der Waals surface area contributed by atoms with Crippen molar-refractivity contribution in [1.29, 1.82) is 0 Å². The summed E-state index contributed by atoms with van der Waals surface area (Å²) >= 11 is 6.23. The Labute approximate surface area is 85.5 Å². The van der Waals surface area contributed by atoms with Crippen LogP contribution < -0.4 is 0 Å². The maximum Gasteiger partial charge on any atom is 0.416 e. The van der Waals surface area contributed by atoms with Gasteiger partial charge in [0.15, 0.2) is 5.82 Å². The largest absolute Gasteiger partial charge is 0.416 e. The summed E-state index contributed by atoms with van der Waals surface area (Å²) in [7, 11) is 0. The zero-order valence-electron chi connectivity index (χ0n) is 5.99. The molecule has 1 rings (SSSR count). The van der Waals surface area contributed by atoms with E-state index in [4.69, 9.17) is 0 Å². The minimum Gasteiger partial charge on any atom is -0.205 e. The molecule has 0 fully saturated rings. The highest BCUT2D eigenvalue weighted by Crippen LogP contribution is 2.34. The van der Waals surface area contributed by atoms with Crippen molar-refractivity contribution in [2.45, 2.75) is 11.1 Å². The average molecular weight is 275 g/mol. The molecule has 0 aromatic heterocycles. The lowest BCUT2D eigenvalue weighted by atomic mass is 10.2. The monoisotopic (exact) mass is 274 g/mol.